The maximum absolute atomic E-state index is 11.8. The van der Waals surface area contributed by atoms with E-state index in [0.29, 0.717) is 0 Å². The lowest BCUT2D eigenvalue weighted by molar-refractivity contribution is 0.0994. The van der Waals surface area contributed by atoms with E-state index in [9.17, 15) is 4.79 Å². The monoisotopic (exact) mass is 238 g/mol. The molecule has 1 aromatic rings. The topological polar surface area (TPSA) is 76.9 Å². The van der Waals surface area contributed by atoms with Crippen molar-refractivity contribution in [3.63, 3.8) is 0 Å². The Morgan fingerprint density at radius 2 is 1.82 bits per heavy atom. The summed E-state index contributed by atoms with van der Waals surface area (Å²) >= 11 is 0. The normalized spacial score (nSPS) is 10.4. The van der Waals surface area contributed by atoms with Crippen LogP contribution >= 0.6 is 0 Å². The molecule has 1 amide bonds. The van der Waals surface area contributed by atoms with E-state index < -0.39 is 5.91 Å². The van der Waals surface area contributed by atoms with E-state index in [1.54, 1.807) is 19.0 Å². The van der Waals surface area contributed by atoms with Gasteiger partial charge < -0.3 is 14.4 Å². The van der Waals surface area contributed by atoms with Gasteiger partial charge in [-0.15, -0.1) is 0 Å². The van der Waals surface area contributed by atoms with Crippen LogP contribution in [0.3, 0.4) is 0 Å². The Kier molecular flexibility index (Phi) is 4.38. The molecule has 1 aromatic heterocycles. The second-order valence-electron chi connectivity index (χ2n) is 3.28. The van der Waals surface area contributed by atoms with Crippen LogP contribution in [0.5, 0.6) is 11.8 Å². The Balaban J connectivity index is 3.14. The predicted molar refractivity (Wildman–Crippen MR) is 61.6 cm³/mol. The molecule has 0 aliphatic heterocycles. The van der Waals surface area contributed by atoms with Gasteiger partial charge in [-0.3, -0.25) is 4.79 Å². The summed E-state index contributed by atoms with van der Waals surface area (Å²) in [5, 5.41) is 0. The zero-order valence-electron chi connectivity index (χ0n) is 10.2. The van der Waals surface area contributed by atoms with Crippen molar-refractivity contribution in [2.75, 3.05) is 28.3 Å². The molecule has 17 heavy (non-hydrogen) atoms. The fourth-order valence-corrected chi connectivity index (χ4v) is 1.08. The number of nitrogens with zero attached hydrogens (tertiary/aromatic N) is 4. The smallest absolute Gasteiger partial charge is 0.289 e. The third kappa shape index (κ3) is 3.13. The minimum Gasteiger partial charge on any atom is -0.480 e. The number of rotatable bonds is 4. The summed E-state index contributed by atoms with van der Waals surface area (Å²) in [6, 6.07) is 0. The second kappa shape index (κ2) is 5.78. The standard InChI is InChI=1S/C10H14N4O3/c1-14(2)6-13-8(15)7-9(16-3)11-5-12-10(7)17-4/h5-6H,1-4H3/b13-6+. The first-order chi connectivity index (χ1) is 8.10. The number of aliphatic imine (C=N–C) groups is 1. The number of hydrogen-bond acceptors (Lipinski definition) is 5. The molecule has 0 aliphatic carbocycles. The SMILES string of the molecule is COc1ncnc(OC)c1C(=O)/N=C/N(C)C. The fourth-order valence-electron chi connectivity index (χ4n) is 1.08. The van der Waals surface area contributed by atoms with Crippen LogP contribution in [0.1, 0.15) is 10.4 Å². The molecule has 1 rings (SSSR count). The molecule has 0 bridgehead atoms. The lowest BCUT2D eigenvalue weighted by Gasteiger charge is -2.08. The Bertz CT molecular complexity index is 409. The van der Waals surface area contributed by atoms with Crippen molar-refractivity contribution in [3.05, 3.63) is 11.9 Å². The van der Waals surface area contributed by atoms with Crippen LogP contribution < -0.4 is 9.47 Å². The third-order valence-electron chi connectivity index (χ3n) is 1.78. The Morgan fingerprint density at radius 3 is 2.24 bits per heavy atom. The zero-order chi connectivity index (χ0) is 12.8. The van der Waals surface area contributed by atoms with E-state index in [-0.39, 0.29) is 17.3 Å². The molecule has 7 nitrogen and oxygen atoms in total. The molecule has 7 heteroatoms. The Hall–Kier alpha value is -2.18. The first kappa shape index (κ1) is 12.9. The van der Waals surface area contributed by atoms with Crippen molar-refractivity contribution in [1.82, 2.24) is 14.9 Å². The van der Waals surface area contributed by atoms with Gasteiger partial charge in [0.15, 0.2) is 5.56 Å². The summed E-state index contributed by atoms with van der Waals surface area (Å²) in [6.07, 6.45) is 2.64. The van der Waals surface area contributed by atoms with Gasteiger partial charge in [0.05, 0.1) is 20.6 Å². The minimum atomic E-state index is -0.520. The summed E-state index contributed by atoms with van der Waals surface area (Å²) in [5.41, 5.74) is 0.107. The highest BCUT2D eigenvalue weighted by molar-refractivity contribution is 6.02. The van der Waals surface area contributed by atoms with Crippen molar-refractivity contribution in [1.29, 1.82) is 0 Å². The second-order valence-corrected chi connectivity index (χ2v) is 3.28. The molecule has 0 spiro atoms. The van der Waals surface area contributed by atoms with Crippen LogP contribution in [0.25, 0.3) is 0 Å². The van der Waals surface area contributed by atoms with E-state index in [1.165, 1.54) is 26.9 Å². The van der Waals surface area contributed by atoms with E-state index in [2.05, 4.69) is 15.0 Å². The summed E-state index contributed by atoms with van der Waals surface area (Å²) in [6.45, 7) is 0. The van der Waals surface area contributed by atoms with Crippen LogP contribution in [0.15, 0.2) is 11.3 Å². The maximum atomic E-state index is 11.8. The Morgan fingerprint density at radius 1 is 1.29 bits per heavy atom. The highest BCUT2D eigenvalue weighted by atomic mass is 16.5. The summed E-state index contributed by atoms with van der Waals surface area (Å²) in [7, 11) is 6.34. The van der Waals surface area contributed by atoms with Crippen molar-refractivity contribution >= 4 is 12.2 Å². The molecule has 0 fully saturated rings. The van der Waals surface area contributed by atoms with Gasteiger partial charge in [-0.1, -0.05) is 0 Å². The lowest BCUT2D eigenvalue weighted by atomic mass is 10.3. The highest BCUT2D eigenvalue weighted by Crippen LogP contribution is 2.23. The predicted octanol–water partition coefficient (Wildman–Crippen LogP) is 0.224. The number of carbonyl (C=O) groups is 1. The van der Waals surface area contributed by atoms with Crippen LogP contribution in [0.2, 0.25) is 0 Å². The molecule has 0 radical (unpaired) electrons. The average Bonchev–Trinajstić information content (AvgIpc) is 2.34. The molecule has 92 valence electrons. The van der Waals surface area contributed by atoms with Crippen LogP contribution in [-0.2, 0) is 0 Å². The van der Waals surface area contributed by atoms with Gasteiger partial charge in [-0.2, -0.15) is 4.99 Å². The number of methoxy groups -OCH3 is 2. The lowest BCUT2D eigenvalue weighted by Crippen LogP contribution is -2.11. The average molecular weight is 238 g/mol. The number of amides is 1. The molecule has 0 atom stereocenters. The molecular formula is C10H14N4O3. The molecule has 0 unspecified atom stereocenters. The first-order valence-electron chi connectivity index (χ1n) is 4.78. The van der Waals surface area contributed by atoms with Crippen LogP contribution in [-0.4, -0.2) is 55.4 Å². The van der Waals surface area contributed by atoms with Crippen LogP contribution in [0, 0.1) is 0 Å². The number of aromatic nitrogens is 2. The molecule has 1 heterocycles. The third-order valence-corrected chi connectivity index (χ3v) is 1.78. The van der Waals surface area contributed by atoms with Crippen molar-refractivity contribution in [2.24, 2.45) is 4.99 Å². The maximum Gasteiger partial charge on any atom is 0.289 e. The van der Waals surface area contributed by atoms with Gasteiger partial charge in [-0.25, -0.2) is 9.97 Å². The molecule has 0 saturated heterocycles. The van der Waals surface area contributed by atoms with Gasteiger partial charge >= 0.3 is 0 Å². The Labute approximate surface area is 99.1 Å². The van der Waals surface area contributed by atoms with Crippen LogP contribution in [0.4, 0.5) is 0 Å². The zero-order valence-corrected chi connectivity index (χ0v) is 10.2. The molecule has 0 aromatic carbocycles. The summed E-state index contributed by atoms with van der Waals surface area (Å²) in [5.74, 6) is -0.247. The van der Waals surface area contributed by atoms with E-state index in [4.69, 9.17) is 9.47 Å². The van der Waals surface area contributed by atoms with E-state index in [0.717, 1.165) is 0 Å². The van der Waals surface area contributed by atoms with Gasteiger partial charge in [0.2, 0.25) is 11.8 Å². The molecule has 0 N–H and O–H groups in total. The molecule has 0 aliphatic rings. The van der Waals surface area contributed by atoms with Crippen molar-refractivity contribution < 1.29 is 14.3 Å². The van der Waals surface area contributed by atoms with Gasteiger partial charge in [0, 0.05) is 14.1 Å². The quantitative estimate of drug-likeness (QED) is 0.551. The minimum absolute atomic E-state index is 0.107. The fraction of sp³-hybridized carbons (Fsp3) is 0.400. The number of hydrogen-bond donors (Lipinski definition) is 0. The van der Waals surface area contributed by atoms with E-state index in [1.807, 2.05) is 0 Å². The molecular weight excluding hydrogens is 224 g/mol. The van der Waals surface area contributed by atoms with Gasteiger partial charge in [0.25, 0.3) is 5.91 Å². The number of carbonyl (C=O) groups excluding carboxylic acids is 1. The largest absolute Gasteiger partial charge is 0.480 e. The first-order valence-corrected chi connectivity index (χ1v) is 4.78. The van der Waals surface area contributed by atoms with E-state index >= 15 is 0 Å². The van der Waals surface area contributed by atoms with Crippen molar-refractivity contribution in [3.8, 4) is 11.8 Å². The summed E-state index contributed by atoms with van der Waals surface area (Å²) < 4.78 is 9.95. The number of ether oxygens (including phenoxy) is 2. The summed E-state index contributed by atoms with van der Waals surface area (Å²) in [4.78, 5) is 24.9. The van der Waals surface area contributed by atoms with Gasteiger partial charge in [0.1, 0.15) is 6.33 Å². The highest BCUT2D eigenvalue weighted by Gasteiger charge is 2.20. The van der Waals surface area contributed by atoms with Gasteiger partial charge in [-0.05, 0) is 0 Å². The van der Waals surface area contributed by atoms with Crippen molar-refractivity contribution in [2.45, 2.75) is 0 Å². The molecule has 0 saturated carbocycles.